The molecule has 2 amide bonds. The molecule has 0 aliphatic heterocycles. The molecule has 3 nitrogen and oxygen atoms in total. The van der Waals surface area contributed by atoms with Crippen LogP contribution in [0.5, 0.6) is 0 Å². The third-order valence-electron chi connectivity index (χ3n) is 2.60. The zero-order valence-corrected chi connectivity index (χ0v) is 12.0. The average Bonchev–Trinajstić information content (AvgIpc) is 2.29. The van der Waals surface area contributed by atoms with Crippen LogP contribution in [0.1, 0.15) is 32.8 Å². The summed E-state index contributed by atoms with van der Waals surface area (Å²) >= 11 is 5.53. The zero-order valence-electron chi connectivity index (χ0n) is 11.2. The van der Waals surface area contributed by atoms with Gasteiger partial charge < -0.3 is 10.6 Å². The second kappa shape index (κ2) is 6.64. The van der Waals surface area contributed by atoms with Gasteiger partial charge in [0.25, 0.3) is 0 Å². The summed E-state index contributed by atoms with van der Waals surface area (Å²) in [6.45, 7) is 7.08. The van der Waals surface area contributed by atoms with Crippen LogP contribution in [0.4, 0.5) is 10.5 Å². The van der Waals surface area contributed by atoms with Gasteiger partial charge in [0.15, 0.2) is 0 Å². The molecule has 0 aliphatic rings. The van der Waals surface area contributed by atoms with Crippen molar-refractivity contribution in [3.63, 3.8) is 0 Å². The minimum Gasteiger partial charge on any atom is -0.338 e. The van der Waals surface area contributed by atoms with Gasteiger partial charge >= 0.3 is 6.03 Å². The highest BCUT2D eigenvalue weighted by Crippen LogP contribution is 2.23. The van der Waals surface area contributed by atoms with Crippen molar-refractivity contribution < 1.29 is 4.79 Å². The molecule has 0 aliphatic carbocycles. The molecule has 1 aromatic rings. The topological polar surface area (TPSA) is 41.1 Å². The van der Waals surface area contributed by atoms with Crippen molar-refractivity contribution in [2.75, 3.05) is 17.7 Å². The molecule has 0 bridgehead atoms. The van der Waals surface area contributed by atoms with Crippen LogP contribution in [-0.4, -0.2) is 18.5 Å². The standard InChI is InChI=1S/C14H21ClN2O/c1-14(2,3)11-5-7-12(8-6-11)17-13(18)16-10-4-9-15/h5-8H,4,9-10H2,1-3H3,(H2,16,17,18). The number of rotatable bonds is 4. The second-order valence-electron chi connectivity index (χ2n) is 5.25. The van der Waals surface area contributed by atoms with Crippen LogP contribution in [0.15, 0.2) is 24.3 Å². The van der Waals surface area contributed by atoms with Gasteiger partial charge in [-0.05, 0) is 29.5 Å². The van der Waals surface area contributed by atoms with Crippen molar-refractivity contribution in [1.29, 1.82) is 0 Å². The van der Waals surface area contributed by atoms with Gasteiger partial charge in [0.2, 0.25) is 0 Å². The summed E-state index contributed by atoms with van der Waals surface area (Å²) in [5.74, 6) is 0.556. The summed E-state index contributed by atoms with van der Waals surface area (Å²) < 4.78 is 0. The predicted octanol–water partition coefficient (Wildman–Crippen LogP) is 3.73. The fourth-order valence-electron chi connectivity index (χ4n) is 1.50. The SMILES string of the molecule is CC(C)(C)c1ccc(NC(=O)NCCCCl)cc1. The lowest BCUT2D eigenvalue weighted by Crippen LogP contribution is -2.29. The lowest BCUT2D eigenvalue weighted by atomic mass is 9.87. The number of hydrogen-bond donors (Lipinski definition) is 2. The zero-order chi connectivity index (χ0) is 13.6. The van der Waals surface area contributed by atoms with Crippen LogP contribution in [0, 0.1) is 0 Å². The van der Waals surface area contributed by atoms with Gasteiger partial charge in [-0.2, -0.15) is 0 Å². The smallest absolute Gasteiger partial charge is 0.319 e. The van der Waals surface area contributed by atoms with Gasteiger partial charge in [-0.1, -0.05) is 32.9 Å². The Bertz CT molecular complexity index is 382. The van der Waals surface area contributed by atoms with Crippen LogP contribution >= 0.6 is 11.6 Å². The Kier molecular flexibility index (Phi) is 5.48. The van der Waals surface area contributed by atoms with E-state index in [0.29, 0.717) is 12.4 Å². The van der Waals surface area contributed by atoms with E-state index in [2.05, 4.69) is 31.4 Å². The molecule has 2 N–H and O–H groups in total. The molecule has 0 spiro atoms. The van der Waals surface area contributed by atoms with E-state index in [9.17, 15) is 4.79 Å². The molecular formula is C14H21ClN2O. The number of halogens is 1. The highest BCUT2D eigenvalue weighted by atomic mass is 35.5. The molecule has 0 heterocycles. The van der Waals surface area contributed by atoms with Gasteiger partial charge in [0.1, 0.15) is 0 Å². The molecule has 0 saturated heterocycles. The van der Waals surface area contributed by atoms with E-state index >= 15 is 0 Å². The van der Waals surface area contributed by atoms with Crippen molar-refractivity contribution in [2.24, 2.45) is 0 Å². The Labute approximate surface area is 114 Å². The highest BCUT2D eigenvalue weighted by molar-refractivity contribution is 6.17. The van der Waals surface area contributed by atoms with Gasteiger partial charge in [-0.15, -0.1) is 11.6 Å². The number of alkyl halides is 1. The molecule has 0 atom stereocenters. The number of anilines is 1. The summed E-state index contributed by atoms with van der Waals surface area (Å²) in [5, 5.41) is 5.53. The summed E-state index contributed by atoms with van der Waals surface area (Å²) in [5.41, 5.74) is 2.17. The van der Waals surface area contributed by atoms with E-state index in [1.54, 1.807) is 0 Å². The number of urea groups is 1. The fourth-order valence-corrected chi connectivity index (χ4v) is 1.63. The number of carbonyl (C=O) groups excluding carboxylic acids is 1. The molecule has 0 unspecified atom stereocenters. The van der Waals surface area contributed by atoms with Crippen molar-refractivity contribution in [3.8, 4) is 0 Å². The molecular weight excluding hydrogens is 248 g/mol. The second-order valence-corrected chi connectivity index (χ2v) is 5.63. The molecule has 0 radical (unpaired) electrons. The van der Waals surface area contributed by atoms with E-state index in [1.807, 2.05) is 24.3 Å². The Hall–Kier alpha value is -1.22. The summed E-state index contributed by atoms with van der Waals surface area (Å²) in [7, 11) is 0. The molecule has 0 saturated carbocycles. The first-order chi connectivity index (χ1) is 8.43. The number of carbonyl (C=O) groups is 1. The molecule has 1 rings (SSSR count). The third-order valence-corrected chi connectivity index (χ3v) is 2.87. The van der Waals surface area contributed by atoms with Crippen molar-refractivity contribution in [1.82, 2.24) is 5.32 Å². The van der Waals surface area contributed by atoms with E-state index in [0.717, 1.165) is 12.1 Å². The van der Waals surface area contributed by atoms with Crippen molar-refractivity contribution in [3.05, 3.63) is 29.8 Å². The largest absolute Gasteiger partial charge is 0.338 e. The van der Waals surface area contributed by atoms with Crippen LogP contribution < -0.4 is 10.6 Å². The summed E-state index contributed by atoms with van der Waals surface area (Å²) in [6, 6.07) is 7.72. The number of hydrogen-bond acceptors (Lipinski definition) is 1. The van der Waals surface area contributed by atoms with Crippen LogP contribution in [0.25, 0.3) is 0 Å². The van der Waals surface area contributed by atoms with Gasteiger partial charge in [-0.25, -0.2) is 4.79 Å². The average molecular weight is 269 g/mol. The summed E-state index contributed by atoms with van der Waals surface area (Å²) in [6.07, 6.45) is 0.776. The molecule has 0 fully saturated rings. The van der Waals surface area contributed by atoms with Gasteiger partial charge in [0.05, 0.1) is 0 Å². The van der Waals surface area contributed by atoms with Crippen molar-refractivity contribution in [2.45, 2.75) is 32.6 Å². The maximum absolute atomic E-state index is 11.5. The van der Waals surface area contributed by atoms with Crippen molar-refractivity contribution >= 4 is 23.3 Å². The molecule has 1 aromatic carbocycles. The first-order valence-electron chi connectivity index (χ1n) is 6.15. The van der Waals surface area contributed by atoms with E-state index in [-0.39, 0.29) is 11.4 Å². The number of nitrogens with one attached hydrogen (secondary N) is 2. The highest BCUT2D eigenvalue weighted by Gasteiger charge is 2.12. The van der Waals surface area contributed by atoms with E-state index < -0.39 is 0 Å². The molecule has 4 heteroatoms. The maximum Gasteiger partial charge on any atom is 0.319 e. The number of benzene rings is 1. The Morgan fingerprint density at radius 1 is 1.22 bits per heavy atom. The Morgan fingerprint density at radius 2 is 1.83 bits per heavy atom. The number of amides is 2. The predicted molar refractivity (Wildman–Crippen MR) is 77.5 cm³/mol. The molecule has 18 heavy (non-hydrogen) atoms. The normalized spacial score (nSPS) is 11.1. The van der Waals surface area contributed by atoms with Crippen LogP contribution in [0.2, 0.25) is 0 Å². The first kappa shape index (κ1) is 14.8. The van der Waals surface area contributed by atoms with Crippen LogP contribution in [0.3, 0.4) is 0 Å². The first-order valence-corrected chi connectivity index (χ1v) is 6.68. The minimum absolute atomic E-state index is 0.126. The van der Waals surface area contributed by atoms with Gasteiger partial charge in [-0.3, -0.25) is 0 Å². The van der Waals surface area contributed by atoms with Gasteiger partial charge in [0, 0.05) is 18.1 Å². The van der Waals surface area contributed by atoms with Crippen LogP contribution in [-0.2, 0) is 5.41 Å². The lowest BCUT2D eigenvalue weighted by molar-refractivity contribution is 0.252. The Balaban J connectivity index is 2.51. The monoisotopic (exact) mass is 268 g/mol. The molecule has 0 aromatic heterocycles. The van der Waals surface area contributed by atoms with E-state index in [4.69, 9.17) is 11.6 Å². The third kappa shape index (κ3) is 4.96. The molecule has 100 valence electrons. The Morgan fingerprint density at radius 3 is 2.33 bits per heavy atom. The fraction of sp³-hybridized carbons (Fsp3) is 0.500. The quantitative estimate of drug-likeness (QED) is 0.634. The lowest BCUT2D eigenvalue weighted by Gasteiger charge is -2.19. The minimum atomic E-state index is -0.191. The maximum atomic E-state index is 11.5. The van der Waals surface area contributed by atoms with E-state index in [1.165, 1.54) is 5.56 Å². The summed E-state index contributed by atoms with van der Waals surface area (Å²) in [4.78, 5) is 11.5.